The Balaban J connectivity index is 2.47. The lowest BCUT2D eigenvalue weighted by Gasteiger charge is -2.10. The minimum atomic E-state index is -0.900. The molecule has 0 radical (unpaired) electrons. The SMILES string of the molecule is COc1c(C)cc(-c2n[nH]c(CC(=O)O)c2Br)cc1C. The summed E-state index contributed by atoms with van der Waals surface area (Å²) in [6, 6.07) is 3.94. The predicted octanol–water partition coefficient (Wildman–Crippen LogP) is 3.09. The first-order valence-corrected chi connectivity index (χ1v) is 6.83. The molecule has 0 unspecified atom stereocenters. The Morgan fingerprint density at radius 2 is 2.00 bits per heavy atom. The first kappa shape index (κ1) is 14.6. The molecule has 5 nitrogen and oxygen atoms in total. The minimum absolute atomic E-state index is 0.0955. The van der Waals surface area contributed by atoms with Crippen LogP contribution in [-0.2, 0) is 11.2 Å². The molecule has 0 fully saturated rings. The molecule has 106 valence electrons. The molecule has 2 rings (SSSR count). The van der Waals surface area contributed by atoms with Crippen molar-refractivity contribution in [3.05, 3.63) is 33.4 Å². The first-order chi connectivity index (χ1) is 9.43. The van der Waals surface area contributed by atoms with Crippen molar-refractivity contribution in [2.75, 3.05) is 7.11 Å². The number of benzene rings is 1. The Kier molecular flexibility index (Phi) is 4.13. The molecule has 2 aromatic rings. The number of aromatic amines is 1. The molecule has 0 saturated heterocycles. The van der Waals surface area contributed by atoms with E-state index in [0.717, 1.165) is 22.4 Å². The topological polar surface area (TPSA) is 75.2 Å². The molecule has 0 aliphatic carbocycles. The van der Waals surface area contributed by atoms with Crippen molar-refractivity contribution >= 4 is 21.9 Å². The van der Waals surface area contributed by atoms with E-state index in [0.29, 0.717) is 15.9 Å². The number of hydrogen-bond donors (Lipinski definition) is 2. The van der Waals surface area contributed by atoms with Crippen molar-refractivity contribution in [3.8, 4) is 17.0 Å². The number of halogens is 1. The largest absolute Gasteiger partial charge is 0.496 e. The number of aromatic nitrogens is 2. The fraction of sp³-hybridized carbons (Fsp3) is 0.286. The van der Waals surface area contributed by atoms with Crippen LogP contribution in [0.1, 0.15) is 16.8 Å². The van der Waals surface area contributed by atoms with Crippen LogP contribution in [0.25, 0.3) is 11.3 Å². The molecule has 6 heteroatoms. The Hall–Kier alpha value is -1.82. The summed E-state index contributed by atoms with van der Waals surface area (Å²) in [4.78, 5) is 10.8. The van der Waals surface area contributed by atoms with Crippen LogP contribution in [0.4, 0.5) is 0 Å². The van der Waals surface area contributed by atoms with Gasteiger partial charge in [-0.1, -0.05) is 0 Å². The summed E-state index contributed by atoms with van der Waals surface area (Å²) in [5.41, 5.74) is 4.20. The van der Waals surface area contributed by atoms with Crippen LogP contribution in [0, 0.1) is 13.8 Å². The lowest BCUT2D eigenvalue weighted by Crippen LogP contribution is -2.00. The Bertz CT molecular complexity index is 641. The Morgan fingerprint density at radius 1 is 1.40 bits per heavy atom. The summed E-state index contributed by atoms with van der Waals surface area (Å²) in [6.07, 6.45) is -0.0955. The number of nitrogens with zero attached hydrogens (tertiary/aromatic N) is 1. The molecule has 0 atom stereocenters. The number of ether oxygens (including phenoxy) is 1. The monoisotopic (exact) mass is 338 g/mol. The predicted molar refractivity (Wildman–Crippen MR) is 79.1 cm³/mol. The van der Waals surface area contributed by atoms with E-state index in [2.05, 4.69) is 26.1 Å². The molecular weight excluding hydrogens is 324 g/mol. The number of carboxylic acid groups (broad SMARTS) is 1. The standard InChI is InChI=1S/C14H15BrN2O3/c1-7-4-9(5-8(2)14(7)20-3)13-12(15)10(16-17-13)6-11(18)19/h4-5H,6H2,1-3H3,(H,16,17)(H,18,19). The maximum absolute atomic E-state index is 10.8. The summed E-state index contributed by atoms with van der Waals surface area (Å²) in [7, 11) is 1.64. The normalized spacial score (nSPS) is 10.6. The molecule has 0 aliphatic rings. The second kappa shape index (κ2) is 5.66. The zero-order chi connectivity index (χ0) is 14.9. The summed E-state index contributed by atoms with van der Waals surface area (Å²) < 4.78 is 6.02. The summed E-state index contributed by atoms with van der Waals surface area (Å²) in [5.74, 6) is -0.0471. The van der Waals surface area contributed by atoms with Crippen molar-refractivity contribution < 1.29 is 14.6 Å². The average Bonchev–Trinajstić information content (AvgIpc) is 2.70. The Labute approximate surface area is 125 Å². The van der Waals surface area contributed by atoms with Crippen LogP contribution < -0.4 is 4.74 Å². The molecule has 0 amide bonds. The molecule has 1 aromatic heterocycles. The third kappa shape index (κ3) is 2.70. The van der Waals surface area contributed by atoms with Gasteiger partial charge in [-0.25, -0.2) is 0 Å². The van der Waals surface area contributed by atoms with Crippen molar-refractivity contribution in [1.29, 1.82) is 0 Å². The highest BCUT2D eigenvalue weighted by Gasteiger charge is 2.16. The molecular formula is C14H15BrN2O3. The molecule has 2 N–H and O–H groups in total. The first-order valence-electron chi connectivity index (χ1n) is 6.04. The van der Waals surface area contributed by atoms with Crippen molar-refractivity contribution in [2.45, 2.75) is 20.3 Å². The van der Waals surface area contributed by atoms with Gasteiger partial charge in [0, 0.05) is 5.56 Å². The zero-order valence-corrected chi connectivity index (χ0v) is 13.0. The van der Waals surface area contributed by atoms with E-state index in [9.17, 15) is 4.79 Å². The number of aryl methyl sites for hydroxylation is 2. The highest BCUT2D eigenvalue weighted by atomic mass is 79.9. The summed E-state index contributed by atoms with van der Waals surface area (Å²) in [5, 5.41) is 15.8. The third-order valence-corrected chi connectivity index (χ3v) is 3.90. The van der Waals surface area contributed by atoms with Gasteiger partial charge in [-0.05, 0) is 53.0 Å². The molecule has 0 bridgehead atoms. The number of methoxy groups -OCH3 is 1. The van der Waals surface area contributed by atoms with Crippen molar-refractivity contribution in [3.63, 3.8) is 0 Å². The van der Waals surface area contributed by atoms with E-state index in [1.54, 1.807) is 7.11 Å². The number of carboxylic acids is 1. The number of nitrogens with one attached hydrogen (secondary N) is 1. The maximum Gasteiger partial charge on any atom is 0.309 e. The lowest BCUT2D eigenvalue weighted by molar-refractivity contribution is -0.136. The van der Waals surface area contributed by atoms with Crippen molar-refractivity contribution in [2.24, 2.45) is 0 Å². The van der Waals surface area contributed by atoms with E-state index >= 15 is 0 Å². The van der Waals surface area contributed by atoms with Gasteiger partial charge in [-0.15, -0.1) is 0 Å². The van der Waals surface area contributed by atoms with Crippen LogP contribution in [0.5, 0.6) is 5.75 Å². The van der Waals surface area contributed by atoms with Crippen LogP contribution in [-0.4, -0.2) is 28.4 Å². The highest BCUT2D eigenvalue weighted by Crippen LogP contribution is 2.33. The quantitative estimate of drug-likeness (QED) is 0.898. The second-order valence-electron chi connectivity index (χ2n) is 4.58. The van der Waals surface area contributed by atoms with E-state index in [1.807, 2.05) is 26.0 Å². The third-order valence-electron chi connectivity index (χ3n) is 3.04. The molecule has 1 heterocycles. The summed E-state index contributed by atoms with van der Waals surface area (Å²) in [6.45, 7) is 3.93. The van der Waals surface area contributed by atoms with Gasteiger partial charge in [0.1, 0.15) is 11.4 Å². The van der Waals surface area contributed by atoms with Gasteiger partial charge in [0.15, 0.2) is 0 Å². The van der Waals surface area contributed by atoms with Gasteiger partial charge in [0.2, 0.25) is 0 Å². The number of hydrogen-bond acceptors (Lipinski definition) is 3. The fourth-order valence-corrected chi connectivity index (χ4v) is 2.78. The smallest absolute Gasteiger partial charge is 0.309 e. The van der Waals surface area contributed by atoms with Crippen LogP contribution in [0.2, 0.25) is 0 Å². The molecule has 0 aliphatic heterocycles. The van der Waals surface area contributed by atoms with E-state index in [-0.39, 0.29) is 6.42 Å². The van der Waals surface area contributed by atoms with Gasteiger partial charge in [-0.2, -0.15) is 5.10 Å². The lowest BCUT2D eigenvalue weighted by atomic mass is 10.0. The van der Waals surface area contributed by atoms with E-state index < -0.39 is 5.97 Å². The fourth-order valence-electron chi connectivity index (χ4n) is 2.23. The molecule has 1 aromatic carbocycles. The average molecular weight is 339 g/mol. The number of rotatable bonds is 4. The maximum atomic E-state index is 10.8. The minimum Gasteiger partial charge on any atom is -0.496 e. The highest BCUT2D eigenvalue weighted by molar-refractivity contribution is 9.10. The van der Waals surface area contributed by atoms with E-state index in [1.165, 1.54) is 0 Å². The number of aliphatic carboxylic acids is 1. The number of H-pyrrole nitrogens is 1. The van der Waals surface area contributed by atoms with Gasteiger partial charge < -0.3 is 9.84 Å². The van der Waals surface area contributed by atoms with Gasteiger partial charge in [0.25, 0.3) is 0 Å². The van der Waals surface area contributed by atoms with Gasteiger partial charge >= 0.3 is 5.97 Å². The molecule has 20 heavy (non-hydrogen) atoms. The summed E-state index contributed by atoms with van der Waals surface area (Å²) >= 11 is 3.41. The van der Waals surface area contributed by atoms with E-state index in [4.69, 9.17) is 9.84 Å². The van der Waals surface area contributed by atoms with Crippen LogP contribution in [0.15, 0.2) is 16.6 Å². The number of carbonyl (C=O) groups is 1. The van der Waals surface area contributed by atoms with Crippen LogP contribution in [0.3, 0.4) is 0 Å². The molecule has 0 spiro atoms. The van der Waals surface area contributed by atoms with Gasteiger partial charge in [-0.3, -0.25) is 9.89 Å². The zero-order valence-electron chi connectivity index (χ0n) is 11.5. The molecule has 0 saturated carbocycles. The van der Waals surface area contributed by atoms with Crippen LogP contribution >= 0.6 is 15.9 Å². The second-order valence-corrected chi connectivity index (χ2v) is 5.37. The van der Waals surface area contributed by atoms with Gasteiger partial charge in [0.05, 0.1) is 23.7 Å². The Morgan fingerprint density at radius 3 is 2.50 bits per heavy atom. The van der Waals surface area contributed by atoms with Crippen molar-refractivity contribution in [1.82, 2.24) is 10.2 Å².